The van der Waals surface area contributed by atoms with Gasteiger partial charge in [0.2, 0.25) is 0 Å². The van der Waals surface area contributed by atoms with Crippen LogP contribution in [0.4, 0.5) is 0 Å². The molecule has 2 unspecified atom stereocenters. The Morgan fingerprint density at radius 3 is 3.38 bits per heavy atom. The van der Waals surface area contributed by atoms with E-state index in [4.69, 9.17) is 4.74 Å². The largest absolute Gasteiger partial charge is 0.380 e. The second-order valence-corrected chi connectivity index (χ2v) is 7.29. The molecule has 0 N–H and O–H groups in total. The highest BCUT2D eigenvalue weighted by Gasteiger charge is 2.34. The SMILES string of the molecule is Cc1cccn2c(CN3CCSC4COCCC43)cnc12. The van der Waals surface area contributed by atoms with Crippen molar-refractivity contribution < 1.29 is 4.74 Å². The van der Waals surface area contributed by atoms with Crippen molar-refractivity contribution in [1.29, 1.82) is 0 Å². The molecular formula is C16H21N3OS. The molecule has 0 spiro atoms. The lowest BCUT2D eigenvalue weighted by molar-refractivity contribution is 0.0346. The first-order valence-electron chi connectivity index (χ1n) is 7.68. The molecule has 0 saturated carbocycles. The molecule has 2 saturated heterocycles. The lowest BCUT2D eigenvalue weighted by Gasteiger charge is -2.43. The van der Waals surface area contributed by atoms with Crippen molar-refractivity contribution in [2.24, 2.45) is 0 Å². The number of aromatic nitrogens is 2. The summed E-state index contributed by atoms with van der Waals surface area (Å²) in [6.45, 7) is 6.11. The summed E-state index contributed by atoms with van der Waals surface area (Å²) >= 11 is 2.08. The third-order valence-corrected chi connectivity index (χ3v) is 5.92. The molecule has 0 amide bonds. The van der Waals surface area contributed by atoms with E-state index in [2.05, 4.69) is 51.3 Å². The topological polar surface area (TPSA) is 29.8 Å². The maximum atomic E-state index is 5.64. The molecule has 4 rings (SSSR count). The van der Waals surface area contributed by atoms with E-state index < -0.39 is 0 Å². The van der Waals surface area contributed by atoms with Gasteiger partial charge in [-0.1, -0.05) is 6.07 Å². The second-order valence-electron chi connectivity index (χ2n) is 5.95. The van der Waals surface area contributed by atoms with Gasteiger partial charge in [-0.15, -0.1) is 0 Å². The molecule has 5 heteroatoms. The maximum Gasteiger partial charge on any atom is 0.139 e. The van der Waals surface area contributed by atoms with E-state index in [1.165, 1.54) is 23.6 Å². The first kappa shape index (κ1) is 13.6. The molecule has 21 heavy (non-hydrogen) atoms. The number of fused-ring (bicyclic) bond motifs is 2. The number of hydrogen-bond acceptors (Lipinski definition) is 4. The second kappa shape index (κ2) is 5.63. The van der Waals surface area contributed by atoms with Gasteiger partial charge < -0.3 is 9.14 Å². The van der Waals surface area contributed by atoms with Crippen molar-refractivity contribution in [3.05, 3.63) is 35.8 Å². The zero-order chi connectivity index (χ0) is 14.2. The molecule has 2 aliphatic rings. The van der Waals surface area contributed by atoms with Gasteiger partial charge in [0.25, 0.3) is 0 Å². The standard InChI is InChI=1S/C16H21N3OS/c1-12-3-2-5-19-13(9-17-16(12)19)10-18-6-8-21-15-11-20-7-4-14(15)18/h2-3,5,9,14-15H,4,6-8,10-11H2,1H3. The molecule has 2 aromatic rings. The number of aryl methyl sites for hydroxylation is 1. The fourth-order valence-electron chi connectivity index (χ4n) is 3.49. The van der Waals surface area contributed by atoms with Gasteiger partial charge in [0.05, 0.1) is 18.5 Å². The Hall–Kier alpha value is -1.04. The monoisotopic (exact) mass is 303 g/mol. The van der Waals surface area contributed by atoms with Crippen LogP contribution in [0, 0.1) is 6.92 Å². The number of pyridine rings is 1. The Morgan fingerprint density at radius 2 is 2.43 bits per heavy atom. The minimum atomic E-state index is 0.647. The third-order valence-electron chi connectivity index (χ3n) is 4.62. The smallest absolute Gasteiger partial charge is 0.139 e. The normalized spacial score (nSPS) is 26.9. The van der Waals surface area contributed by atoms with Gasteiger partial charge in [0, 0.05) is 42.9 Å². The van der Waals surface area contributed by atoms with Crippen LogP contribution in [0.1, 0.15) is 17.7 Å². The van der Waals surface area contributed by atoms with Gasteiger partial charge in [0.1, 0.15) is 5.65 Å². The quantitative estimate of drug-likeness (QED) is 0.852. The molecular weight excluding hydrogens is 282 g/mol. The molecule has 4 nitrogen and oxygen atoms in total. The number of ether oxygens (including phenoxy) is 1. The molecule has 112 valence electrons. The van der Waals surface area contributed by atoms with Crippen LogP contribution in [-0.2, 0) is 11.3 Å². The third kappa shape index (κ3) is 2.47. The highest BCUT2D eigenvalue weighted by atomic mass is 32.2. The number of thioether (sulfide) groups is 1. The number of nitrogens with zero attached hydrogens (tertiary/aromatic N) is 3. The van der Waals surface area contributed by atoms with E-state index >= 15 is 0 Å². The first-order valence-corrected chi connectivity index (χ1v) is 8.73. The molecule has 0 aromatic carbocycles. The van der Waals surface area contributed by atoms with E-state index in [0.717, 1.165) is 31.8 Å². The highest BCUT2D eigenvalue weighted by Crippen LogP contribution is 2.31. The minimum absolute atomic E-state index is 0.647. The zero-order valence-electron chi connectivity index (χ0n) is 12.4. The Bertz CT molecular complexity index is 639. The number of hydrogen-bond donors (Lipinski definition) is 0. The summed E-state index contributed by atoms with van der Waals surface area (Å²) in [5.74, 6) is 1.21. The van der Waals surface area contributed by atoms with E-state index in [0.29, 0.717) is 11.3 Å². The lowest BCUT2D eigenvalue weighted by Crippen LogP contribution is -2.51. The van der Waals surface area contributed by atoms with E-state index in [1.807, 2.05) is 6.20 Å². The van der Waals surface area contributed by atoms with Gasteiger partial charge in [0.15, 0.2) is 0 Å². The fourth-order valence-corrected chi connectivity index (χ4v) is 4.85. The number of imidazole rings is 1. The summed E-state index contributed by atoms with van der Waals surface area (Å²) in [6.07, 6.45) is 5.33. The first-order chi connectivity index (χ1) is 10.3. The predicted molar refractivity (Wildman–Crippen MR) is 85.8 cm³/mol. The summed E-state index contributed by atoms with van der Waals surface area (Å²) in [4.78, 5) is 7.23. The van der Waals surface area contributed by atoms with Crippen LogP contribution < -0.4 is 0 Å². The van der Waals surface area contributed by atoms with Gasteiger partial charge in [-0.3, -0.25) is 4.90 Å². The molecule has 2 aromatic heterocycles. The summed E-state index contributed by atoms with van der Waals surface area (Å²) in [5.41, 5.74) is 3.62. The van der Waals surface area contributed by atoms with Crippen LogP contribution in [0.15, 0.2) is 24.5 Å². The molecule has 0 aliphatic carbocycles. The zero-order valence-corrected chi connectivity index (χ0v) is 13.2. The van der Waals surface area contributed by atoms with E-state index in [1.54, 1.807) is 0 Å². The minimum Gasteiger partial charge on any atom is -0.380 e. The van der Waals surface area contributed by atoms with Crippen LogP contribution >= 0.6 is 11.8 Å². The molecule has 2 aliphatic heterocycles. The van der Waals surface area contributed by atoms with Gasteiger partial charge in [-0.05, 0) is 25.0 Å². The van der Waals surface area contributed by atoms with Crippen LogP contribution in [0.25, 0.3) is 5.65 Å². The summed E-state index contributed by atoms with van der Waals surface area (Å²) < 4.78 is 7.88. The highest BCUT2D eigenvalue weighted by molar-refractivity contribution is 8.00. The van der Waals surface area contributed by atoms with Gasteiger partial charge in [-0.25, -0.2) is 4.98 Å². The molecule has 2 fully saturated rings. The Labute approximate surface area is 129 Å². The summed E-state index contributed by atoms with van der Waals surface area (Å²) in [6, 6.07) is 4.89. The van der Waals surface area contributed by atoms with Crippen molar-refractivity contribution >= 4 is 17.4 Å². The van der Waals surface area contributed by atoms with Crippen molar-refractivity contribution in [2.75, 3.05) is 25.5 Å². The lowest BCUT2D eigenvalue weighted by atomic mass is 10.1. The van der Waals surface area contributed by atoms with Crippen molar-refractivity contribution in [3.63, 3.8) is 0 Å². The summed E-state index contributed by atoms with van der Waals surface area (Å²) in [5, 5.41) is 0.647. The van der Waals surface area contributed by atoms with Crippen molar-refractivity contribution in [1.82, 2.24) is 14.3 Å². The Balaban J connectivity index is 1.60. The van der Waals surface area contributed by atoms with Gasteiger partial charge in [-0.2, -0.15) is 11.8 Å². The fraction of sp³-hybridized carbons (Fsp3) is 0.562. The summed E-state index contributed by atoms with van der Waals surface area (Å²) in [7, 11) is 0. The molecule has 0 bridgehead atoms. The Morgan fingerprint density at radius 1 is 1.48 bits per heavy atom. The average molecular weight is 303 g/mol. The van der Waals surface area contributed by atoms with Crippen LogP contribution in [0.2, 0.25) is 0 Å². The Kier molecular flexibility index (Phi) is 3.65. The van der Waals surface area contributed by atoms with E-state index in [-0.39, 0.29) is 0 Å². The van der Waals surface area contributed by atoms with Crippen LogP contribution in [-0.4, -0.2) is 51.1 Å². The molecule has 2 atom stereocenters. The molecule has 4 heterocycles. The van der Waals surface area contributed by atoms with E-state index in [9.17, 15) is 0 Å². The predicted octanol–water partition coefficient (Wildman–Crippen LogP) is 2.35. The maximum absolute atomic E-state index is 5.64. The van der Waals surface area contributed by atoms with Gasteiger partial charge >= 0.3 is 0 Å². The van der Waals surface area contributed by atoms with Crippen molar-refractivity contribution in [3.8, 4) is 0 Å². The van der Waals surface area contributed by atoms with Crippen LogP contribution in [0.3, 0.4) is 0 Å². The average Bonchev–Trinajstić information content (AvgIpc) is 2.92. The van der Waals surface area contributed by atoms with Crippen LogP contribution in [0.5, 0.6) is 0 Å². The number of rotatable bonds is 2. The molecule has 0 radical (unpaired) electrons. The van der Waals surface area contributed by atoms with Crippen molar-refractivity contribution in [2.45, 2.75) is 31.2 Å².